The third kappa shape index (κ3) is 4.48. The van der Waals surface area contributed by atoms with Crippen LogP contribution in [0.25, 0.3) is 84.5 Å². The Morgan fingerprint density at radius 3 is 1.85 bits per heavy atom. The minimum absolute atomic E-state index is 0.916. The first-order chi connectivity index (χ1) is 25.8. The van der Waals surface area contributed by atoms with Crippen molar-refractivity contribution in [1.29, 1.82) is 0 Å². The van der Waals surface area contributed by atoms with Crippen molar-refractivity contribution in [1.82, 2.24) is 0 Å². The van der Waals surface area contributed by atoms with Crippen molar-refractivity contribution in [3.63, 3.8) is 0 Å². The van der Waals surface area contributed by atoms with Crippen molar-refractivity contribution in [2.45, 2.75) is 0 Å². The van der Waals surface area contributed by atoms with Gasteiger partial charge in [0.2, 0.25) is 0 Å². The number of thiophene rings is 2. The van der Waals surface area contributed by atoms with E-state index in [1.807, 2.05) is 22.7 Å². The summed E-state index contributed by atoms with van der Waals surface area (Å²) >= 11 is 3.72. The summed E-state index contributed by atoms with van der Waals surface area (Å²) in [6.07, 6.45) is 0. The van der Waals surface area contributed by atoms with Gasteiger partial charge in [-0.05, 0) is 70.8 Å². The number of anilines is 3. The van der Waals surface area contributed by atoms with Gasteiger partial charge in [-0.15, -0.1) is 22.7 Å². The van der Waals surface area contributed by atoms with Gasteiger partial charge in [0.25, 0.3) is 0 Å². The van der Waals surface area contributed by atoms with E-state index in [0.717, 1.165) is 39.0 Å². The Hall–Kier alpha value is -6.20. The minimum atomic E-state index is 0.916. The molecule has 244 valence electrons. The fraction of sp³-hybridized carbons (Fsp3) is 0. The summed E-state index contributed by atoms with van der Waals surface area (Å²) < 4.78 is 11.7. The molecule has 0 unspecified atom stereocenters. The Labute approximate surface area is 308 Å². The summed E-state index contributed by atoms with van der Waals surface area (Å²) in [5.41, 5.74) is 10.2. The summed E-state index contributed by atoms with van der Waals surface area (Å²) in [5, 5.41) is 7.23. The highest BCUT2D eigenvalue weighted by Crippen LogP contribution is 2.51. The second-order valence-electron chi connectivity index (χ2n) is 13.2. The van der Waals surface area contributed by atoms with Crippen LogP contribution in [0.1, 0.15) is 0 Å². The normalized spacial score (nSPS) is 11.8. The molecular weight excluding hydrogens is 671 g/mol. The SMILES string of the molecule is c1ccc(-c2ccc(N(c3cccc4c3sc3c(-c5ccccc5)cccc34)c3cccc4sc5ccc6c7ccccc7oc6c5c34)cc2)cc1. The van der Waals surface area contributed by atoms with Gasteiger partial charge in [-0.25, -0.2) is 0 Å². The molecule has 3 heterocycles. The van der Waals surface area contributed by atoms with E-state index in [9.17, 15) is 0 Å². The fourth-order valence-electron chi connectivity index (χ4n) is 7.92. The Balaban J connectivity index is 1.22. The predicted molar refractivity (Wildman–Crippen MR) is 225 cm³/mol. The fourth-order valence-corrected chi connectivity index (χ4v) is 10.4. The van der Waals surface area contributed by atoms with Gasteiger partial charge in [0.05, 0.1) is 16.1 Å². The lowest BCUT2D eigenvalue weighted by Gasteiger charge is -2.27. The average molecular weight is 700 g/mol. The van der Waals surface area contributed by atoms with Gasteiger partial charge in [0, 0.05) is 52.1 Å². The first-order valence-corrected chi connectivity index (χ1v) is 19.1. The number of fused-ring (bicyclic) bond motifs is 10. The van der Waals surface area contributed by atoms with Gasteiger partial charge in [0.15, 0.2) is 0 Å². The summed E-state index contributed by atoms with van der Waals surface area (Å²) in [5.74, 6) is 0. The highest BCUT2D eigenvalue weighted by Gasteiger charge is 2.24. The molecular formula is C48H29NOS2. The van der Waals surface area contributed by atoms with Crippen LogP contribution in [0.2, 0.25) is 0 Å². The first-order valence-electron chi connectivity index (χ1n) is 17.5. The molecule has 8 aromatic carbocycles. The largest absolute Gasteiger partial charge is 0.455 e. The van der Waals surface area contributed by atoms with Gasteiger partial charge in [-0.1, -0.05) is 127 Å². The van der Waals surface area contributed by atoms with Gasteiger partial charge in [-0.2, -0.15) is 0 Å². The quantitative estimate of drug-likeness (QED) is 0.178. The lowest BCUT2D eigenvalue weighted by atomic mass is 10.0. The molecule has 0 atom stereocenters. The maximum absolute atomic E-state index is 6.70. The molecule has 2 nitrogen and oxygen atoms in total. The maximum Gasteiger partial charge on any atom is 0.144 e. The lowest BCUT2D eigenvalue weighted by molar-refractivity contribution is 0.673. The first kappa shape index (κ1) is 29.5. The molecule has 4 heteroatoms. The molecule has 0 saturated heterocycles. The highest BCUT2D eigenvalue weighted by molar-refractivity contribution is 7.27. The summed E-state index contributed by atoms with van der Waals surface area (Å²) in [6, 6.07) is 63.5. The molecule has 0 N–H and O–H groups in total. The second-order valence-corrected chi connectivity index (χ2v) is 15.3. The summed E-state index contributed by atoms with van der Waals surface area (Å²) in [7, 11) is 0. The molecule has 3 aromatic heterocycles. The maximum atomic E-state index is 6.70. The number of benzene rings is 8. The van der Waals surface area contributed by atoms with Crippen LogP contribution in [-0.4, -0.2) is 0 Å². The van der Waals surface area contributed by atoms with E-state index in [1.165, 1.54) is 62.6 Å². The van der Waals surface area contributed by atoms with Crippen LogP contribution >= 0.6 is 22.7 Å². The van der Waals surface area contributed by atoms with E-state index >= 15 is 0 Å². The van der Waals surface area contributed by atoms with Crippen LogP contribution in [0.15, 0.2) is 180 Å². The van der Waals surface area contributed by atoms with Crippen molar-refractivity contribution in [2.24, 2.45) is 0 Å². The third-order valence-electron chi connectivity index (χ3n) is 10.3. The van der Waals surface area contributed by atoms with Crippen molar-refractivity contribution in [3.05, 3.63) is 176 Å². The third-order valence-corrected chi connectivity index (χ3v) is 12.7. The van der Waals surface area contributed by atoms with Crippen molar-refractivity contribution < 1.29 is 4.42 Å². The van der Waals surface area contributed by atoms with Crippen molar-refractivity contribution in [3.8, 4) is 22.3 Å². The molecule has 0 radical (unpaired) electrons. The number of hydrogen-bond acceptors (Lipinski definition) is 4. The van der Waals surface area contributed by atoms with E-state index < -0.39 is 0 Å². The van der Waals surface area contributed by atoms with Crippen LogP contribution in [-0.2, 0) is 0 Å². The molecule has 0 aliphatic heterocycles. The summed E-state index contributed by atoms with van der Waals surface area (Å²) in [4.78, 5) is 2.48. The zero-order valence-corrected chi connectivity index (χ0v) is 29.5. The van der Waals surface area contributed by atoms with E-state index in [0.29, 0.717) is 0 Å². The predicted octanol–water partition coefficient (Wildman–Crippen LogP) is 15.1. The van der Waals surface area contributed by atoms with Crippen molar-refractivity contribution >= 4 is 102 Å². The molecule has 0 fully saturated rings. The lowest BCUT2D eigenvalue weighted by Crippen LogP contribution is -2.10. The standard InChI is InChI=1S/C48H29NOS2/c1-3-12-30(13-4-1)31-24-26-33(27-25-31)49(40-21-10-19-38-37-18-9-17-34(47(37)52-48(38)40)32-14-5-2-6-15-32)39-20-11-23-42-44(39)45-43(51-42)29-28-36-35-16-7-8-22-41(35)50-46(36)45/h1-29H. The average Bonchev–Trinajstić information content (AvgIpc) is 3.91. The molecule has 0 bridgehead atoms. The van der Waals surface area contributed by atoms with Crippen LogP contribution < -0.4 is 4.90 Å². The molecule has 0 aliphatic rings. The Bertz CT molecular complexity index is 3120. The van der Waals surface area contributed by atoms with Crippen LogP contribution in [0.5, 0.6) is 0 Å². The Kier molecular flexibility index (Phi) is 6.63. The number of hydrogen-bond donors (Lipinski definition) is 0. The van der Waals surface area contributed by atoms with E-state index in [4.69, 9.17) is 4.42 Å². The number of furan rings is 1. The zero-order chi connectivity index (χ0) is 34.2. The van der Waals surface area contributed by atoms with E-state index in [-0.39, 0.29) is 0 Å². The number of rotatable bonds is 5. The molecule has 11 aromatic rings. The molecule has 0 amide bonds. The molecule has 0 spiro atoms. The van der Waals surface area contributed by atoms with E-state index in [1.54, 1.807) is 0 Å². The minimum Gasteiger partial charge on any atom is -0.455 e. The zero-order valence-electron chi connectivity index (χ0n) is 27.9. The van der Waals surface area contributed by atoms with Gasteiger partial charge in [0.1, 0.15) is 11.2 Å². The molecule has 52 heavy (non-hydrogen) atoms. The van der Waals surface area contributed by atoms with Gasteiger partial charge in [-0.3, -0.25) is 0 Å². The molecule has 11 rings (SSSR count). The number of para-hydroxylation sites is 1. The van der Waals surface area contributed by atoms with Crippen molar-refractivity contribution in [2.75, 3.05) is 4.90 Å². The molecule has 0 aliphatic carbocycles. The van der Waals surface area contributed by atoms with Crippen LogP contribution in [0.4, 0.5) is 17.1 Å². The van der Waals surface area contributed by atoms with Gasteiger partial charge >= 0.3 is 0 Å². The second kappa shape index (κ2) is 11.7. The van der Waals surface area contributed by atoms with Gasteiger partial charge < -0.3 is 9.32 Å². The smallest absolute Gasteiger partial charge is 0.144 e. The topological polar surface area (TPSA) is 16.4 Å². The van der Waals surface area contributed by atoms with Crippen LogP contribution in [0.3, 0.4) is 0 Å². The monoisotopic (exact) mass is 699 g/mol. The van der Waals surface area contributed by atoms with E-state index in [2.05, 4.69) is 181 Å². The highest BCUT2D eigenvalue weighted by atomic mass is 32.1. The number of nitrogens with zero attached hydrogens (tertiary/aromatic N) is 1. The Morgan fingerprint density at radius 2 is 1.02 bits per heavy atom. The summed E-state index contributed by atoms with van der Waals surface area (Å²) in [6.45, 7) is 0. The molecule has 0 saturated carbocycles. The van der Waals surface area contributed by atoms with Crippen LogP contribution in [0, 0.1) is 0 Å². The Morgan fingerprint density at radius 1 is 0.385 bits per heavy atom.